The van der Waals surface area contributed by atoms with Gasteiger partial charge in [-0.15, -0.1) is 11.3 Å². The minimum absolute atomic E-state index is 0.339. The minimum atomic E-state index is -0.339. The van der Waals surface area contributed by atoms with Gasteiger partial charge in [-0.3, -0.25) is 4.79 Å². The molecule has 3 rings (SSSR count). The predicted octanol–water partition coefficient (Wildman–Crippen LogP) is 2.36. The first-order valence-corrected chi connectivity index (χ1v) is 8.41. The molecule has 9 heteroatoms. The molecule has 0 aliphatic rings. The Kier molecular flexibility index (Phi) is 4.99. The monoisotopic (exact) mass is 371 g/mol. The third kappa shape index (κ3) is 3.29. The van der Waals surface area contributed by atoms with Crippen molar-refractivity contribution >= 4 is 39.5 Å². The van der Waals surface area contributed by atoms with Crippen LogP contribution in [0.5, 0.6) is 11.5 Å². The highest BCUT2D eigenvalue weighted by molar-refractivity contribution is 7.20. The van der Waals surface area contributed by atoms with Crippen molar-refractivity contribution in [2.75, 3.05) is 20.0 Å². The van der Waals surface area contributed by atoms with Gasteiger partial charge < -0.3 is 15.2 Å². The van der Waals surface area contributed by atoms with Gasteiger partial charge in [0.2, 0.25) is 0 Å². The van der Waals surface area contributed by atoms with E-state index in [2.05, 4.69) is 20.5 Å². The number of thiophene rings is 1. The van der Waals surface area contributed by atoms with Crippen molar-refractivity contribution in [3.05, 3.63) is 40.5 Å². The number of nitrogens with one attached hydrogen (secondary N) is 1. The molecule has 0 aliphatic heterocycles. The number of nitrogens with zero attached hydrogens (tertiary/aromatic N) is 3. The zero-order valence-corrected chi connectivity index (χ0v) is 15.3. The highest BCUT2D eigenvalue weighted by Gasteiger charge is 2.18. The second-order valence-corrected chi connectivity index (χ2v) is 6.30. The van der Waals surface area contributed by atoms with Gasteiger partial charge in [-0.2, -0.15) is 5.10 Å². The number of ether oxygens (including phenoxy) is 2. The number of hydrogen-bond acceptors (Lipinski definition) is 8. The molecule has 26 heavy (non-hydrogen) atoms. The molecule has 0 radical (unpaired) electrons. The third-order valence-electron chi connectivity index (χ3n) is 3.77. The molecule has 0 atom stereocenters. The molecule has 0 saturated carbocycles. The molecule has 0 saturated heterocycles. The number of methoxy groups -OCH3 is 2. The zero-order valence-electron chi connectivity index (χ0n) is 14.4. The maximum absolute atomic E-state index is 12.4. The average molecular weight is 371 g/mol. The van der Waals surface area contributed by atoms with Gasteiger partial charge >= 0.3 is 0 Å². The van der Waals surface area contributed by atoms with Crippen LogP contribution >= 0.6 is 11.3 Å². The maximum atomic E-state index is 12.4. The Morgan fingerprint density at radius 3 is 2.81 bits per heavy atom. The molecule has 0 unspecified atom stereocenters. The molecule has 3 N–H and O–H groups in total. The van der Waals surface area contributed by atoms with Gasteiger partial charge in [-0.05, 0) is 24.6 Å². The molecule has 0 fully saturated rings. The van der Waals surface area contributed by atoms with Crippen LogP contribution in [0.3, 0.4) is 0 Å². The van der Waals surface area contributed by atoms with Crippen LogP contribution in [0.4, 0.5) is 5.82 Å². The summed E-state index contributed by atoms with van der Waals surface area (Å²) in [4.78, 5) is 21.7. The molecular weight excluding hydrogens is 354 g/mol. The number of hydrogen-bond donors (Lipinski definition) is 2. The second-order valence-electron chi connectivity index (χ2n) is 5.30. The summed E-state index contributed by atoms with van der Waals surface area (Å²) in [5, 5.41) is 4.71. The molecule has 3 aromatic rings. The van der Waals surface area contributed by atoms with E-state index in [-0.39, 0.29) is 5.91 Å². The van der Waals surface area contributed by atoms with Crippen LogP contribution in [0, 0.1) is 6.92 Å². The summed E-state index contributed by atoms with van der Waals surface area (Å²) < 4.78 is 10.4. The Morgan fingerprint density at radius 1 is 1.31 bits per heavy atom. The van der Waals surface area contributed by atoms with Crippen LogP contribution in [-0.2, 0) is 0 Å². The number of carbonyl (C=O) groups excluding carboxylic acids is 1. The summed E-state index contributed by atoms with van der Waals surface area (Å²) in [6, 6.07) is 5.30. The van der Waals surface area contributed by atoms with Gasteiger partial charge in [0.15, 0.2) is 0 Å². The van der Waals surface area contributed by atoms with Gasteiger partial charge in [0.1, 0.15) is 28.5 Å². The first-order valence-electron chi connectivity index (χ1n) is 7.60. The number of amides is 1. The largest absolute Gasteiger partial charge is 0.497 e. The standard InChI is InChI=1S/C17H17N5O3S/c1-9-13-15(18)19-8-20-17(13)26-14(9)16(23)22-21-7-10-4-5-11(24-2)6-12(10)25-3/h4-8H,1-3H3,(H,22,23)(H2,18,19,20)/b21-7-. The number of aryl methyl sites for hydroxylation is 1. The first-order chi connectivity index (χ1) is 12.5. The quantitative estimate of drug-likeness (QED) is 0.526. The molecule has 2 heterocycles. The molecule has 0 aliphatic carbocycles. The number of carbonyl (C=O) groups is 1. The number of hydrazone groups is 1. The van der Waals surface area contributed by atoms with E-state index in [1.54, 1.807) is 32.4 Å². The van der Waals surface area contributed by atoms with E-state index in [4.69, 9.17) is 15.2 Å². The number of anilines is 1. The Balaban J connectivity index is 1.80. The lowest BCUT2D eigenvalue weighted by molar-refractivity contribution is 0.0958. The Labute approximate surface area is 153 Å². The average Bonchev–Trinajstić information content (AvgIpc) is 2.99. The highest BCUT2D eigenvalue weighted by atomic mass is 32.1. The molecular formula is C17H17N5O3S. The van der Waals surface area contributed by atoms with Crippen LogP contribution in [0.25, 0.3) is 10.2 Å². The predicted molar refractivity (Wildman–Crippen MR) is 101 cm³/mol. The summed E-state index contributed by atoms with van der Waals surface area (Å²) in [5.41, 5.74) is 9.83. The van der Waals surface area contributed by atoms with Crippen LogP contribution in [0.2, 0.25) is 0 Å². The second kappa shape index (κ2) is 7.36. The first kappa shape index (κ1) is 17.6. The summed E-state index contributed by atoms with van der Waals surface area (Å²) in [7, 11) is 3.13. The fraction of sp³-hybridized carbons (Fsp3) is 0.176. The van der Waals surface area contributed by atoms with Crippen molar-refractivity contribution in [3.63, 3.8) is 0 Å². The van der Waals surface area contributed by atoms with Gasteiger partial charge in [-0.1, -0.05) is 0 Å². The molecule has 8 nitrogen and oxygen atoms in total. The Morgan fingerprint density at radius 2 is 2.12 bits per heavy atom. The zero-order chi connectivity index (χ0) is 18.7. The number of aromatic nitrogens is 2. The van der Waals surface area contributed by atoms with E-state index in [1.165, 1.54) is 23.9 Å². The summed E-state index contributed by atoms with van der Waals surface area (Å²) in [5.74, 6) is 1.27. The SMILES string of the molecule is COc1ccc(/C=N\NC(=O)c2sc3ncnc(N)c3c2C)c(OC)c1. The summed E-state index contributed by atoms with van der Waals surface area (Å²) >= 11 is 1.25. The number of nitrogens with two attached hydrogens (primary N) is 1. The van der Waals surface area contributed by atoms with E-state index in [0.29, 0.717) is 38.0 Å². The molecule has 1 amide bonds. The van der Waals surface area contributed by atoms with Crippen molar-refractivity contribution in [2.24, 2.45) is 5.10 Å². The molecule has 0 bridgehead atoms. The number of nitrogen functional groups attached to an aromatic ring is 1. The fourth-order valence-corrected chi connectivity index (χ4v) is 3.50. The maximum Gasteiger partial charge on any atom is 0.281 e. The smallest absolute Gasteiger partial charge is 0.281 e. The van der Waals surface area contributed by atoms with Crippen molar-refractivity contribution < 1.29 is 14.3 Å². The van der Waals surface area contributed by atoms with E-state index in [1.807, 2.05) is 6.92 Å². The molecule has 0 spiro atoms. The fourth-order valence-electron chi connectivity index (χ4n) is 2.45. The van der Waals surface area contributed by atoms with Gasteiger partial charge in [-0.25, -0.2) is 15.4 Å². The van der Waals surface area contributed by atoms with E-state index < -0.39 is 0 Å². The third-order valence-corrected chi connectivity index (χ3v) is 4.97. The van der Waals surface area contributed by atoms with Crippen LogP contribution in [0.1, 0.15) is 20.8 Å². The van der Waals surface area contributed by atoms with Crippen LogP contribution < -0.4 is 20.6 Å². The van der Waals surface area contributed by atoms with E-state index in [0.717, 1.165) is 5.56 Å². The van der Waals surface area contributed by atoms with Crippen LogP contribution in [0.15, 0.2) is 29.6 Å². The number of benzene rings is 1. The van der Waals surface area contributed by atoms with Crippen molar-refractivity contribution in [1.82, 2.24) is 15.4 Å². The van der Waals surface area contributed by atoms with Gasteiger partial charge in [0, 0.05) is 11.6 Å². The lowest BCUT2D eigenvalue weighted by Crippen LogP contribution is -2.17. The molecule has 134 valence electrons. The van der Waals surface area contributed by atoms with Gasteiger partial charge in [0.05, 0.1) is 30.7 Å². The van der Waals surface area contributed by atoms with E-state index >= 15 is 0 Å². The highest BCUT2D eigenvalue weighted by Crippen LogP contribution is 2.31. The van der Waals surface area contributed by atoms with Crippen LogP contribution in [-0.4, -0.2) is 36.3 Å². The lowest BCUT2D eigenvalue weighted by Gasteiger charge is -2.06. The number of fused-ring (bicyclic) bond motifs is 1. The normalized spacial score (nSPS) is 11.0. The van der Waals surface area contributed by atoms with Crippen molar-refractivity contribution in [2.45, 2.75) is 6.92 Å². The van der Waals surface area contributed by atoms with Crippen molar-refractivity contribution in [3.8, 4) is 11.5 Å². The Bertz CT molecular complexity index is 999. The van der Waals surface area contributed by atoms with Crippen molar-refractivity contribution in [1.29, 1.82) is 0 Å². The van der Waals surface area contributed by atoms with E-state index in [9.17, 15) is 4.79 Å². The molecule has 1 aromatic carbocycles. The Hall–Kier alpha value is -3.20. The summed E-state index contributed by atoms with van der Waals surface area (Å²) in [6.45, 7) is 1.81. The minimum Gasteiger partial charge on any atom is -0.497 e. The summed E-state index contributed by atoms with van der Waals surface area (Å²) in [6.07, 6.45) is 2.89. The lowest BCUT2D eigenvalue weighted by atomic mass is 10.2. The topological polar surface area (TPSA) is 112 Å². The number of rotatable bonds is 5. The van der Waals surface area contributed by atoms with Gasteiger partial charge in [0.25, 0.3) is 5.91 Å². The molecule has 2 aromatic heterocycles.